The number of carbonyl (C=O) groups is 1. The Morgan fingerprint density at radius 1 is 1.06 bits per heavy atom. The zero-order chi connectivity index (χ0) is 21.4. The second-order valence-electron chi connectivity index (χ2n) is 8.44. The van der Waals surface area contributed by atoms with Gasteiger partial charge >= 0.3 is 0 Å². The summed E-state index contributed by atoms with van der Waals surface area (Å²) in [5.74, 6) is 2.08. The second kappa shape index (κ2) is 8.42. The molecule has 3 aromatic heterocycles. The van der Waals surface area contributed by atoms with Crippen LogP contribution in [0.5, 0.6) is 0 Å². The molecule has 1 atom stereocenters. The molecule has 3 aromatic rings. The maximum absolute atomic E-state index is 13.4. The van der Waals surface area contributed by atoms with Gasteiger partial charge in [0.25, 0.3) is 5.91 Å². The lowest BCUT2D eigenvalue weighted by atomic mass is 10.0. The van der Waals surface area contributed by atoms with E-state index >= 15 is 0 Å². The lowest BCUT2D eigenvalue weighted by molar-refractivity contribution is 0.0751. The minimum atomic E-state index is 0.110. The van der Waals surface area contributed by atoms with Gasteiger partial charge < -0.3 is 14.7 Å². The highest BCUT2D eigenvalue weighted by Crippen LogP contribution is 2.37. The quantitative estimate of drug-likeness (QED) is 0.623. The van der Waals surface area contributed by atoms with Crippen LogP contribution in [0.1, 0.15) is 41.4 Å². The molecule has 31 heavy (non-hydrogen) atoms. The summed E-state index contributed by atoms with van der Waals surface area (Å²) in [7, 11) is 0. The van der Waals surface area contributed by atoms with Crippen molar-refractivity contribution < 1.29 is 4.79 Å². The number of hydrogen-bond acceptors (Lipinski definition) is 7. The maximum Gasteiger partial charge on any atom is 0.264 e. The largest absolute Gasteiger partial charge is 0.353 e. The van der Waals surface area contributed by atoms with Gasteiger partial charge in [0.2, 0.25) is 0 Å². The first-order chi connectivity index (χ1) is 15.1. The highest BCUT2D eigenvalue weighted by Gasteiger charge is 2.29. The molecule has 5 rings (SSSR count). The molecule has 0 aromatic carbocycles. The lowest BCUT2D eigenvalue weighted by Gasteiger charge is -2.35. The number of amides is 1. The van der Waals surface area contributed by atoms with E-state index in [0.717, 1.165) is 51.9 Å². The van der Waals surface area contributed by atoms with Crippen molar-refractivity contribution in [2.45, 2.75) is 39.2 Å². The smallest absolute Gasteiger partial charge is 0.264 e. The fourth-order valence-electron chi connectivity index (χ4n) is 4.71. The molecule has 2 aliphatic heterocycles. The summed E-state index contributed by atoms with van der Waals surface area (Å²) >= 11 is 1.51. The highest BCUT2D eigenvalue weighted by atomic mass is 32.1. The van der Waals surface area contributed by atoms with Crippen molar-refractivity contribution in [1.29, 1.82) is 0 Å². The number of rotatable bonds is 3. The summed E-state index contributed by atoms with van der Waals surface area (Å²) in [5.41, 5.74) is 1.02. The molecule has 0 bridgehead atoms. The molecular weight excluding hydrogens is 408 g/mol. The van der Waals surface area contributed by atoms with E-state index < -0.39 is 0 Å². The van der Waals surface area contributed by atoms with Gasteiger partial charge in [0.1, 0.15) is 22.8 Å². The number of hydrogen-bond donors (Lipinski definition) is 0. The normalized spacial score (nSPS) is 19.8. The van der Waals surface area contributed by atoms with Gasteiger partial charge in [-0.3, -0.25) is 4.79 Å². The Morgan fingerprint density at radius 2 is 1.90 bits per heavy atom. The molecule has 162 valence electrons. The van der Waals surface area contributed by atoms with Crippen LogP contribution in [0.25, 0.3) is 10.2 Å². The van der Waals surface area contributed by atoms with Crippen LogP contribution in [0.15, 0.2) is 30.7 Å². The molecule has 0 N–H and O–H groups in total. The van der Waals surface area contributed by atoms with Gasteiger partial charge in [-0.15, -0.1) is 11.3 Å². The number of piperazine rings is 1. The van der Waals surface area contributed by atoms with Crippen molar-refractivity contribution >= 4 is 39.1 Å². The third-order valence-corrected chi connectivity index (χ3v) is 7.70. The Labute approximate surface area is 186 Å². The van der Waals surface area contributed by atoms with Crippen molar-refractivity contribution in [3.8, 4) is 0 Å². The number of aromatic nitrogens is 3. The topological polar surface area (TPSA) is 65.5 Å². The number of pyridine rings is 1. The van der Waals surface area contributed by atoms with E-state index in [0.29, 0.717) is 19.1 Å². The molecule has 8 heteroatoms. The summed E-state index contributed by atoms with van der Waals surface area (Å²) < 4.78 is 0. The van der Waals surface area contributed by atoms with Crippen LogP contribution in [0.4, 0.5) is 11.6 Å². The van der Waals surface area contributed by atoms with Crippen LogP contribution in [-0.4, -0.2) is 64.5 Å². The first-order valence-electron chi connectivity index (χ1n) is 11.1. The predicted octanol–water partition coefficient (Wildman–Crippen LogP) is 3.74. The molecule has 1 amide bonds. The third kappa shape index (κ3) is 3.73. The predicted molar refractivity (Wildman–Crippen MR) is 125 cm³/mol. The van der Waals surface area contributed by atoms with Crippen molar-refractivity contribution in [1.82, 2.24) is 19.9 Å². The van der Waals surface area contributed by atoms with Gasteiger partial charge in [0.05, 0.1) is 10.3 Å². The maximum atomic E-state index is 13.4. The van der Waals surface area contributed by atoms with Crippen LogP contribution in [-0.2, 0) is 0 Å². The fourth-order valence-corrected chi connectivity index (χ4v) is 5.82. The Balaban J connectivity index is 1.39. The Kier molecular flexibility index (Phi) is 5.48. The Hall–Kier alpha value is -2.74. The molecule has 0 radical (unpaired) electrons. The number of piperidine rings is 1. The van der Waals surface area contributed by atoms with Crippen LogP contribution >= 0.6 is 11.3 Å². The molecule has 2 saturated heterocycles. The number of thiophene rings is 1. The Morgan fingerprint density at radius 3 is 2.65 bits per heavy atom. The molecule has 0 aliphatic carbocycles. The molecule has 5 heterocycles. The SMILES string of the molecule is Cc1c(C(=O)N2CCN(c3ccccn3)CC2)sc2ncnc(N3CCCCC3C)c12. The van der Waals surface area contributed by atoms with Gasteiger partial charge in [-0.2, -0.15) is 0 Å². The van der Waals surface area contributed by atoms with Crippen LogP contribution in [0.3, 0.4) is 0 Å². The fraction of sp³-hybridized carbons (Fsp3) is 0.478. The van der Waals surface area contributed by atoms with Gasteiger partial charge in [0, 0.05) is 45.0 Å². The number of nitrogens with zero attached hydrogens (tertiary/aromatic N) is 6. The van der Waals surface area contributed by atoms with Crippen LogP contribution in [0.2, 0.25) is 0 Å². The highest BCUT2D eigenvalue weighted by molar-refractivity contribution is 7.20. The number of fused-ring (bicyclic) bond motifs is 1. The third-order valence-electron chi connectivity index (χ3n) is 6.52. The summed E-state index contributed by atoms with van der Waals surface area (Å²) in [6.07, 6.45) is 7.10. The summed E-state index contributed by atoms with van der Waals surface area (Å²) in [6, 6.07) is 6.41. The minimum absolute atomic E-state index is 0.110. The van der Waals surface area contributed by atoms with Crippen LogP contribution < -0.4 is 9.80 Å². The first-order valence-corrected chi connectivity index (χ1v) is 11.9. The van der Waals surface area contributed by atoms with Gasteiger partial charge in [-0.05, 0) is 50.8 Å². The standard InChI is InChI=1S/C23H28N6OS/c1-16-7-4-6-10-29(16)21-19-17(2)20(31-22(19)26-15-25-21)23(30)28-13-11-27(12-14-28)18-8-3-5-9-24-18/h3,5,8-9,15-16H,4,6-7,10-14H2,1-2H3. The average molecular weight is 437 g/mol. The monoisotopic (exact) mass is 436 g/mol. The van der Waals surface area contributed by atoms with Crippen molar-refractivity contribution in [3.63, 3.8) is 0 Å². The van der Waals surface area contributed by atoms with E-state index in [9.17, 15) is 4.79 Å². The van der Waals surface area contributed by atoms with E-state index in [1.165, 1.54) is 30.6 Å². The summed E-state index contributed by atoms with van der Waals surface area (Å²) in [5, 5.41) is 1.05. The van der Waals surface area contributed by atoms with E-state index in [2.05, 4.69) is 38.6 Å². The molecule has 0 saturated carbocycles. The zero-order valence-electron chi connectivity index (χ0n) is 18.1. The summed E-state index contributed by atoms with van der Waals surface area (Å²) in [4.78, 5) is 35.3. The summed E-state index contributed by atoms with van der Waals surface area (Å²) in [6.45, 7) is 8.32. The average Bonchev–Trinajstić information content (AvgIpc) is 3.16. The van der Waals surface area contributed by atoms with Gasteiger partial charge in [-0.1, -0.05) is 6.07 Å². The minimum Gasteiger partial charge on any atom is -0.353 e. The number of carbonyl (C=O) groups excluding carboxylic acids is 1. The molecular formula is C23H28N6OS. The van der Waals surface area contributed by atoms with E-state index in [-0.39, 0.29) is 5.91 Å². The number of anilines is 2. The molecule has 2 aliphatic rings. The van der Waals surface area contributed by atoms with E-state index in [1.807, 2.05) is 29.3 Å². The van der Waals surface area contributed by atoms with Crippen LogP contribution in [0, 0.1) is 6.92 Å². The van der Waals surface area contributed by atoms with Crippen molar-refractivity contribution in [3.05, 3.63) is 41.2 Å². The molecule has 7 nitrogen and oxygen atoms in total. The second-order valence-corrected chi connectivity index (χ2v) is 9.44. The van der Waals surface area contributed by atoms with Crippen molar-refractivity contribution in [2.75, 3.05) is 42.5 Å². The van der Waals surface area contributed by atoms with Gasteiger partial charge in [0.15, 0.2) is 0 Å². The molecule has 2 fully saturated rings. The zero-order valence-corrected chi connectivity index (χ0v) is 18.9. The molecule has 1 unspecified atom stereocenters. The number of aryl methyl sites for hydroxylation is 1. The Bertz CT molecular complexity index is 1080. The van der Waals surface area contributed by atoms with Gasteiger partial charge in [-0.25, -0.2) is 15.0 Å². The lowest BCUT2D eigenvalue weighted by Crippen LogP contribution is -2.49. The van der Waals surface area contributed by atoms with E-state index in [4.69, 9.17) is 0 Å². The van der Waals surface area contributed by atoms with E-state index in [1.54, 1.807) is 6.33 Å². The molecule has 0 spiro atoms. The first kappa shape index (κ1) is 20.2. The van der Waals surface area contributed by atoms with Crippen molar-refractivity contribution in [2.24, 2.45) is 0 Å².